The smallest absolute Gasteiger partial charge is 0.192 e. The zero-order valence-electron chi connectivity index (χ0n) is 21.6. The summed E-state index contributed by atoms with van der Waals surface area (Å²) in [5, 5.41) is 0.214. The first-order chi connectivity index (χ1) is 14.8. The Bertz CT molecular complexity index is 766. The third kappa shape index (κ3) is 3.20. The molecule has 5 aliphatic rings. The minimum Gasteiger partial charge on any atom is -0.414 e. The van der Waals surface area contributed by atoms with Crippen LogP contribution in [0.3, 0.4) is 0 Å². The van der Waals surface area contributed by atoms with Gasteiger partial charge in [0.15, 0.2) is 14.1 Å². The molecule has 1 saturated heterocycles. The molecule has 0 radical (unpaired) electrons. The fourth-order valence-electron chi connectivity index (χ4n) is 8.59. The summed E-state index contributed by atoms with van der Waals surface area (Å²) in [6.07, 6.45) is 8.81. The molecule has 4 aliphatic carbocycles. The summed E-state index contributed by atoms with van der Waals surface area (Å²) in [5.41, 5.74) is 0.207. The van der Waals surface area contributed by atoms with Gasteiger partial charge >= 0.3 is 0 Å². The molecule has 4 nitrogen and oxygen atoms in total. The molecule has 1 heterocycles. The van der Waals surface area contributed by atoms with Gasteiger partial charge in [0.05, 0.1) is 13.2 Å². The van der Waals surface area contributed by atoms with E-state index in [0.29, 0.717) is 23.5 Å². The van der Waals surface area contributed by atoms with E-state index in [1.807, 2.05) is 0 Å². The second kappa shape index (κ2) is 7.38. The second-order valence-electron chi connectivity index (χ2n) is 13.8. The molecule has 1 spiro atoms. The SMILES string of the molecule is CC(C)(C)[Si](C)(C)OC1CC[C@@]2(C)[C@H](C1)C(=O)C[C@@H]1[C@@H]2CC[C@@]2(C)[C@H]1CCC21OCCO1. The van der Waals surface area contributed by atoms with Gasteiger partial charge in [0.1, 0.15) is 5.78 Å². The van der Waals surface area contributed by atoms with Gasteiger partial charge in [-0.25, -0.2) is 0 Å². The Hall–Kier alpha value is -0.233. The highest BCUT2D eigenvalue weighted by Gasteiger charge is 2.68. The molecular weight excluding hydrogens is 416 g/mol. The van der Waals surface area contributed by atoms with Crippen molar-refractivity contribution in [2.45, 2.75) is 116 Å². The third-order valence-corrected chi connectivity index (χ3v) is 16.0. The summed E-state index contributed by atoms with van der Waals surface area (Å²) in [6.45, 7) is 18.0. The van der Waals surface area contributed by atoms with Gasteiger partial charge in [-0.1, -0.05) is 34.6 Å². The maximum atomic E-state index is 13.7. The quantitative estimate of drug-likeness (QED) is 0.449. The number of rotatable bonds is 2. The summed E-state index contributed by atoms with van der Waals surface area (Å²) < 4.78 is 19.4. The number of ketones is 1. The highest BCUT2D eigenvalue weighted by molar-refractivity contribution is 6.74. The molecule has 32 heavy (non-hydrogen) atoms. The van der Waals surface area contributed by atoms with Crippen LogP contribution in [0.5, 0.6) is 0 Å². The van der Waals surface area contributed by atoms with E-state index in [1.165, 1.54) is 12.8 Å². The van der Waals surface area contributed by atoms with Crippen LogP contribution in [0.2, 0.25) is 18.1 Å². The van der Waals surface area contributed by atoms with Crippen LogP contribution in [-0.2, 0) is 18.7 Å². The van der Waals surface area contributed by atoms with Gasteiger partial charge in [-0.3, -0.25) is 4.79 Å². The van der Waals surface area contributed by atoms with Crippen LogP contribution in [0.15, 0.2) is 0 Å². The third-order valence-electron chi connectivity index (χ3n) is 11.5. The predicted octanol–water partition coefficient (Wildman–Crippen LogP) is 6.34. The lowest BCUT2D eigenvalue weighted by molar-refractivity contribution is -0.246. The normalized spacial score (nSPS) is 46.1. The molecule has 0 aromatic carbocycles. The van der Waals surface area contributed by atoms with Gasteiger partial charge in [-0.15, -0.1) is 0 Å². The van der Waals surface area contributed by atoms with E-state index < -0.39 is 8.32 Å². The molecule has 1 aliphatic heterocycles. The molecule has 4 saturated carbocycles. The number of Topliss-reactive ketones (excluding diaryl/α,β-unsaturated/α-hetero) is 1. The van der Waals surface area contributed by atoms with Crippen molar-refractivity contribution in [1.29, 1.82) is 0 Å². The van der Waals surface area contributed by atoms with Crippen molar-refractivity contribution in [3.05, 3.63) is 0 Å². The highest BCUT2D eigenvalue weighted by Crippen LogP contribution is 2.69. The molecule has 7 atom stereocenters. The molecule has 0 bridgehead atoms. The molecule has 0 aromatic heterocycles. The van der Waals surface area contributed by atoms with Crippen molar-refractivity contribution in [2.75, 3.05) is 13.2 Å². The van der Waals surface area contributed by atoms with Gasteiger partial charge in [-0.2, -0.15) is 0 Å². The van der Waals surface area contributed by atoms with Crippen molar-refractivity contribution >= 4 is 14.1 Å². The second-order valence-corrected chi connectivity index (χ2v) is 18.6. The van der Waals surface area contributed by atoms with Crippen molar-refractivity contribution in [3.63, 3.8) is 0 Å². The van der Waals surface area contributed by atoms with Crippen molar-refractivity contribution in [2.24, 2.45) is 34.5 Å². The molecular formula is C27H46O4Si. The van der Waals surface area contributed by atoms with E-state index in [2.05, 4.69) is 47.7 Å². The Morgan fingerprint density at radius 3 is 2.28 bits per heavy atom. The number of hydrogen-bond acceptors (Lipinski definition) is 4. The number of fused-ring (bicyclic) bond motifs is 6. The Balaban J connectivity index is 1.36. The van der Waals surface area contributed by atoms with E-state index in [0.717, 1.165) is 51.7 Å². The van der Waals surface area contributed by atoms with Gasteiger partial charge in [0, 0.05) is 30.3 Å². The lowest BCUT2D eigenvalue weighted by atomic mass is 9.44. The number of carbonyl (C=O) groups excluding carboxylic acids is 1. The fourth-order valence-corrected chi connectivity index (χ4v) is 9.99. The van der Waals surface area contributed by atoms with Crippen LogP contribution in [0, 0.1) is 34.5 Å². The summed E-state index contributed by atoms with van der Waals surface area (Å²) in [5.74, 6) is 2.06. The predicted molar refractivity (Wildman–Crippen MR) is 129 cm³/mol. The fraction of sp³-hybridized carbons (Fsp3) is 0.963. The molecule has 0 N–H and O–H groups in total. The largest absolute Gasteiger partial charge is 0.414 e. The average Bonchev–Trinajstić information content (AvgIpc) is 3.28. The van der Waals surface area contributed by atoms with Crippen molar-refractivity contribution in [1.82, 2.24) is 0 Å². The van der Waals surface area contributed by atoms with E-state index >= 15 is 0 Å². The molecule has 5 heteroatoms. The first-order valence-corrected chi connectivity index (χ1v) is 16.2. The minimum absolute atomic E-state index is 0.0663. The minimum atomic E-state index is -1.82. The first-order valence-electron chi connectivity index (χ1n) is 13.3. The Kier molecular flexibility index (Phi) is 5.42. The van der Waals surface area contributed by atoms with Crippen LogP contribution >= 0.6 is 0 Å². The Labute approximate surface area is 196 Å². The van der Waals surface area contributed by atoms with E-state index in [-0.39, 0.29) is 33.7 Å². The first kappa shape index (κ1) is 23.5. The zero-order valence-corrected chi connectivity index (χ0v) is 22.6. The lowest BCUT2D eigenvalue weighted by Crippen LogP contribution is -2.59. The average molecular weight is 463 g/mol. The van der Waals surface area contributed by atoms with Gasteiger partial charge in [0.25, 0.3) is 0 Å². The molecule has 182 valence electrons. The standard InChI is InChI=1S/C27H46O4Si/c1-24(2,3)32(6,7)31-18-8-11-25(4)20-9-12-26(5)21(10-13-27(26)29-14-15-30-27)19(20)17-23(28)22(25)16-18/h18-22H,8-17H2,1-7H3/t18?,19-,20+,21+,22-,25-,26+/m1/s1. The van der Waals surface area contributed by atoms with Crippen LogP contribution in [-0.4, -0.2) is 39.2 Å². The van der Waals surface area contributed by atoms with Crippen molar-refractivity contribution in [3.8, 4) is 0 Å². The summed E-state index contributed by atoms with van der Waals surface area (Å²) in [4.78, 5) is 13.7. The maximum Gasteiger partial charge on any atom is 0.192 e. The monoisotopic (exact) mass is 462 g/mol. The van der Waals surface area contributed by atoms with Gasteiger partial charge in [0.2, 0.25) is 0 Å². The summed E-state index contributed by atoms with van der Waals surface area (Å²) >= 11 is 0. The van der Waals surface area contributed by atoms with E-state index in [9.17, 15) is 4.79 Å². The van der Waals surface area contributed by atoms with Crippen LogP contribution in [0.25, 0.3) is 0 Å². The lowest BCUT2D eigenvalue weighted by Gasteiger charge is -2.61. The topological polar surface area (TPSA) is 44.8 Å². The highest BCUT2D eigenvalue weighted by atomic mass is 28.4. The Morgan fingerprint density at radius 2 is 1.62 bits per heavy atom. The van der Waals surface area contributed by atoms with Crippen molar-refractivity contribution < 1.29 is 18.7 Å². The molecule has 0 amide bonds. The molecule has 0 aromatic rings. The zero-order chi connectivity index (χ0) is 23.2. The molecule has 1 unspecified atom stereocenters. The number of ether oxygens (including phenoxy) is 2. The summed E-state index contributed by atoms with van der Waals surface area (Å²) in [6, 6.07) is 0. The maximum absolute atomic E-state index is 13.7. The summed E-state index contributed by atoms with van der Waals surface area (Å²) in [7, 11) is -1.82. The van der Waals surface area contributed by atoms with Crippen LogP contribution in [0.4, 0.5) is 0 Å². The van der Waals surface area contributed by atoms with E-state index in [1.54, 1.807) is 0 Å². The number of hydrogen-bond donors (Lipinski definition) is 0. The Morgan fingerprint density at radius 1 is 0.969 bits per heavy atom. The van der Waals surface area contributed by atoms with Crippen LogP contribution < -0.4 is 0 Å². The van der Waals surface area contributed by atoms with E-state index in [4.69, 9.17) is 13.9 Å². The molecule has 5 rings (SSSR count). The molecule has 5 fully saturated rings. The van der Waals surface area contributed by atoms with Crippen LogP contribution in [0.1, 0.15) is 86.0 Å². The van der Waals surface area contributed by atoms with Gasteiger partial charge < -0.3 is 13.9 Å². The number of carbonyl (C=O) groups is 1. The van der Waals surface area contributed by atoms with Gasteiger partial charge in [-0.05, 0) is 79.8 Å².